The minimum atomic E-state index is 0.0662. The lowest BCUT2D eigenvalue weighted by Gasteiger charge is -2.02. The Kier molecular flexibility index (Phi) is 2.95. The maximum absolute atomic E-state index is 10.8. The first-order valence-electron chi connectivity index (χ1n) is 4.96. The molecule has 2 aromatic heterocycles. The molecule has 5 heteroatoms. The number of carbonyl (C=O) groups is 1. The molecule has 0 aromatic carbocycles. The van der Waals surface area contributed by atoms with Crippen LogP contribution in [0.1, 0.15) is 6.92 Å². The molecule has 2 rings (SSSR count). The highest BCUT2D eigenvalue weighted by molar-refractivity contribution is 5.80. The highest BCUT2D eigenvalue weighted by Crippen LogP contribution is 2.15. The Morgan fingerprint density at radius 3 is 2.81 bits per heavy atom. The number of carbonyl (C=O) groups excluding carboxylic acids is 1. The Morgan fingerprint density at radius 1 is 1.38 bits per heavy atom. The standard InChI is InChI=1S/C11H12N4O/c1-8(16)6-13-11-3-2-10(14-15-11)9-4-5-12-7-9/h2-5,7,12H,6H2,1H3,(H,13,15). The predicted molar refractivity (Wildman–Crippen MR) is 61.0 cm³/mol. The molecule has 0 aliphatic rings. The molecule has 82 valence electrons. The van der Waals surface area contributed by atoms with Crippen LogP contribution in [0.15, 0.2) is 30.6 Å². The van der Waals surface area contributed by atoms with E-state index in [1.54, 1.807) is 6.07 Å². The number of nitrogens with zero attached hydrogens (tertiary/aromatic N) is 2. The third kappa shape index (κ3) is 2.44. The van der Waals surface area contributed by atoms with Gasteiger partial charge in [-0.25, -0.2) is 0 Å². The van der Waals surface area contributed by atoms with Gasteiger partial charge in [0.15, 0.2) is 0 Å². The summed E-state index contributed by atoms with van der Waals surface area (Å²) < 4.78 is 0. The molecule has 0 aliphatic carbocycles. The van der Waals surface area contributed by atoms with Crippen LogP contribution in [0.25, 0.3) is 11.3 Å². The van der Waals surface area contributed by atoms with Crippen molar-refractivity contribution < 1.29 is 4.79 Å². The van der Waals surface area contributed by atoms with Gasteiger partial charge in [0.05, 0.1) is 12.2 Å². The fourth-order valence-electron chi connectivity index (χ4n) is 1.28. The van der Waals surface area contributed by atoms with Crippen LogP contribution in [0.5, 0.6) is 0 Å². The first kappa shape index (κ1) is 10.4. The molecule has 2 heterocycles. The number of anilines is 1. The van der Waals surface area contributed by atoms with Crippen LogP contribution in [0.4, 0.5) is 5.82 Å². The maximum atomic E-state index is 10.8. The lowest BCUT2D eigenvalue weighted by Crippen LogP contribution is -2.11. The van der Waals surface area contributed by atoms with Crippen molar-refractivity contribution in [2.45, 2.75) is 6.92 Å². The number of hydrogen-bond acceptors (Lipinski definition) is 4. The van der Waals surface area contributed by atoms with Crippen molar-refractivity contribution in [1.29, 1.82) is 0 Å². The normalized spacial score (nSPS) is 10.1. The van der Waals surface area contributed by atoms with E-state index in [4.69, 9.17) is 0 Å². The summed E-state index contributed by atoms with van der Waals surface area (Å²) in [5.74, 6) is 0.672. The van der Waals surface area contributed by atoms with Gasteiger partial charge >= 0.3 is 0 Å². The second-order valence-electron chi connectivity index (χ2n) is 3.46. The number of ketones is 1. The zero-order valence-electron chi connectivity index (χ0n) is 8.90. The number of H-pyrrole nitrogens is 1. The van der Waals surface area contributed by atoms with Crippen LogP contribution in [-0.2, 0) is 4.79 Å². The second kappa shape index (κ2) is 4.57. The molecule has 16 heavy (non-hydrogen) atoms. The molecule has 5 nitrogen and oxygen atoms in total. The molecule has 0 bridgehead atoms. The zero-order chi connectivity index (χ0) is 11.4. The summed E-state index contributed by atoms with van der Waals surface area (Å²) in [7, 11) is 0. The summed E-state index contributed by atoms with van der Waals surface area (Å²) in [5.41, 5.74) is 1.79. The van der Waals surface area contributed by atoms with Crippen molar-refractivity contribution in [3.8, 4) is 11.3 Å². The molecular weight excluding hydrogens is 204 g/mol. The van der Waals surface area contributed by atoms with Gasteiger partial charge in [0.2, 0.25) is 0 Å². The van der Waals surface area contributed by atoms with Crippen LogP contribution in [-0.4, -0.2) is 27.5 Å². The number of hydrogen-bond donors (Lipinski definition) is 2. The smallest absolute Gasteiger partial charge is 0.149 e. The van der Waals surface area contributed by atoms with Gasteiger partial charge in [0.25, 0.3) is 0 Å². The van der Waals surface area contributed by atoms with Crippen LogP contribution < -0.4 is 5.32 Å². The lowest BCUT2D eigenvalue weighted by atomic mass is 10.2. The van der Waals surface area contributed by atoms with Gasteiger partial charge < -0.3 is 10.3 Å². The van der Waals surface area contributed by atoms with Crippen molar-refractivity contribution in [2.75, 3.05) is 11.9 Å². The number of rotatable bonds is 4. The molecule has 2 aromatic rings. The quantitative estimate of drug-likeness (QED) is 0.812. The largest absolute Gasteiger partial charge is 0.367 e. The van der Waals surface area contributed by atoms with E-state index < -0.39 is 0 Å². The van der Waals surface area contributed by atoms with Crippen molar-refractivity contribution in [2.24, 2.45) is 0 Å². The summed E-state index contributed by atoms with van der Waals surface area (Å²) in [6, 6.07) is 5.59. The van der Waals surface area contributed by atoms with Gasteiger partial charge in [-0.2, -0.15) is 0 Å². The van der Waals surface area contributed by atoms with E-state index in [2.05, 4.69) is 20.5 Å². The molecule has 0 radical (unpaired) electrons. The molecule has 0 fully saturated rings. The zero-order valence-corrected chi connectivity index (χ0v) is 8.90. The number of Topliss-reactive ketones (excluding diaryl/α,β-unsaturated/α-hetero) is 1. The maximum Gasteiger partial charge on any atom is 0.149 e. The molecular formula is C11H12N4O. The Bertz CT molecular complexity index is 461. The van der Waals surface area contributed by atoms with E-state index in [1.807, 2.05) is 24.5 Å². The van der Waals surface area contributed by atoms with Crippen LogP contribution in [0, 0.1) is 0 Å². The average molecular weight is 216 g/mol. The summed E-state index contributed by atoms with van der Waals surface area (Å²) in [5, 5.41) is 10.9. The van der Waals surface area contributed by atoms with E-state index in [1.165, 1.54) is 6.92 Å². The van der Waals surface area contributed by atoms with E-state index >= 15 is 0 Å². The first-order chi connectivity index (χ1) is 7.75. The Morgan fingerprint density at radius 2 is 2.25 bits per heavy atom. The SMILES string of the molecule is CC(=O)CNc1ccc(-c2cc[nH]c2)nn1. The van der Waals surface area contributed by atoms with Crippen LogP contribution in [0.3, 0.4) is 0 Å². The highest BCUT2D eigenvalue weighted by Gasteiger charge is 2.01. The van der Waals surface area contributed by atoms with Gasteiger partial charge in [0.1, 0.15) is 11.6 Å². The molecule has 0 atom stereocenters. The molecule has 0 amide bonds. The van der Waals surface area contributed by atoms with Crippen LogP contribution >= 0.6 is 0 Å². The minimum absolute atomic E-state index is 0.0662. The minimum Gasteiger partial charge on any atom is -0.367 e. The lowest BCUT2D eigenvalue weighted by molar-refractivity contribution is -0.115. The molecule has 0 aliphatic heterocycles. The van der Waals surface area contributed by atoms with Gasteiger partial charge in [0, 0.05) is 18.0 Å². The summed E-state index contributed by atoms with van der Waals surface area (Å²) >= 11 is 0. The predicted octanol–water partition coefficient (Wildman–Crippen LogP) is 1.47. The van der Waals surface area contributed by atoms with Gasteiger partial charge in [-0.3, -0.25) is 4.79 Å². The van der Waals surface area contributed by atoms with Gasteiger partial charge in [-0.15, -0.1) is 10.2 Å². The number of aromatic nitrogens is 3. The molecule has 0 saturated heterocycles. The van der Waals surface area contributed by atoms with Crippen molar-refractivity contribution >= 4 is 11.6 Å². The van der Waals surface area contributed by atoms with E-state index in [9.17, 15) is 4.79 Å². The molecule has 2 N–H and O–H groups in total. The number of aromatic amines is 1. The average Bonchev–Trinajstić information content (AvgIpc) is 2.80. The van der Waals surface area contributed by atoms with E-state index in [-0.39, 0.29) is 12.3 Å². The van der Waals surface area contributed by atoms with Gasteiger partial charge in [-0.05, 0) is 25.1 Å². The topological polar surface area (TPSA) is 70.7 Å². The fourth-order valence-corrected chi connectivity index (χ4v) is 1.28. The molecule has 0 saturated carbocycles. The van der Waals surface area contributed by atoms with Crippen LogP contribution in [0.2, 0.25) is 0 Å². The Balaban J connectivity index is 2.08. The first-order valence-corrected chi connectivity index (χ1v) is 4.96. The Hall–Kier alpha value is -2.17. The van der Waals surface area contributed by atoms with Crippen molar-refractivity contribution in [3.63, 3.8) is 0 Å². The van der Waals surface area contributed by atoms with Crippen molar-refractivity contribution in [3.05, 3.63) is 30.6 Å². The van der Waals surface area contributed by atoms with Crippen molar-refractivity contribution in [1.82, 2.24) is 15.2 Å². The third-order valence-corrected chi connectivity index (χ3v) is 2.08. The Labute approximate surface area is 92.9 Å². The second-order valence-corrected chi connectivity index (χ2v) is 3.46. The summed E-state index contributed by atoms with van der Waals surface area (Å²) in [4.78, 5) is 13.7. The molecule has 0 unspecified atom stereocenters. The van der Waals surface area contributed by atoms with E-state index in [0.717, 1.165) is 11.3 Å². The third-order valence-electron chi connectivity index (χ3n) is 2.08. The summed E-state index contributed by atoms with van der Waals surface area (Å²) in [6.45, 7) is 1.80. The monoisotopic (exact) mass is 216 g/mol. The highest BCUT2D eigenvalue weighted by atomic mass is 16.1. The number of nitrogens with one attached hydrogen (secondary N) is 2. The van der Waals surface area contributed by atoms with E-state index in [0.29, 0.717) is 5.82 Å². The van der Waals surface area contributed by atoms with Gasteiger partial charge in [-0.1, -0.05) is 0 Å². The fraction of sp³-hybridized carbons (Fsp3) is 0.182. The summed E-state index contributed by atoms with van der Waals surface area (Å²) in [6.07, 6.45) is 3.69. The molecule has 0 spiro atoms.